The van der Waals surface area contributed by atoms with Crippen molar-refractivity contribution in [3.8, 4) is 0 Å². The van der Waals surface area contributed by atoms with Gasteiger partial charge in [-0.1, -0.05) is 0 Å². The molecule has 2 aliphatic heterocycles. The molecule has 0 aromatic carbocycles. The quantitative estimate of drug-likeness (QED) is 0.895. The highest BCUT2D eigenvalue weighted by Crippen LogP contribution is 2.44. The fourth-order valence-corrected chi connectivity index (χ4v) is 3.84. The molecule has 0 radical (unpaired) electrons. The van der Waals surface area contributed by atoms with E-state index in [-0.39, 0.29) is 16.9 Å². The first-order chi connectivity index (χ1) is 10.9. The van der Waals surface area contributed by atoms with E-state index in [1.54, 1.807) is 6.20 Å². The number of hydrogen-bond acceptors (Lipinski definition) is 4. The third-order valence-corrected chi connectivity index (χ3v) is 5.39. The molecule has 2 fully saturated rings. The van der Waals surface area contributed by atoms with Crippen LogP contribution in [0.4, 0.5) is 0 Å². The van der Waals surface area contributed by atoms with Crippen molar-refractivity contribution in [3.05, 3.63) is 18.0 Å². The molecule has 1 aromatic heterocycles. The van der Waals surface area contributed by atoms with E-state index in [0.717, 1.165) is 39.1 Å². The Morgan fingerprint density at radius 1 is 1.43 bits per heavy atom. The van der Waals surface area contributed by atoms with Crippen LogP contribution in [0.15, 0.2) is 12.4 Å². The fraction of sp³-hybridized carbons (Fsp3) is 0.765. The molecule has 128 valence electrons. The van der Waals surface area contributed by atoms with Gasteiger partial charge in [0.2, 0.25) is 0 Å². The highest BCUT2D eigenvalue weighted by Gasteiger charge is 2.48. The summed E-state index contributed by atoms with van der Waals surface area (Å²) in [5.41, 5.74) is 6.69. The first-order valence-corrected chi connectivity index (χ1v) is 8.48. The molecule has 6 heteroatoms. The lowest BCUT2D eigenvalue weighted by Crippen LogP contribution is -2.40. The monoisotopic (exact) mass is 320 g/mol. The van der Waals surface area contributed by atoms with Gasteiger partial charge in [-0.2, -0.15) is 5.10 Å². The van der Waals surface area contributed by atoms with Gasteiger partial charge >= 0.3 is 0 Å². The van der Waals surface area contributed by atoms with Crippen LogP contribution in [-0.2, 0) is 10.3 Å². The van der Waals surface area contributed by atoms with E-state index in [0.29, 0.717) is 18.0 Å². The lowest BCUT2D eigenvalue weighted by atomic mass is 9.72. The van der Waals surface area contributed by atoms with Crippen molar-refractivity contribution in [3.63, 3.8) is 0 Å². The van der Waals surface area contributed by atoms with Crippen LogP contribution in [0.25, 0.3) is 0 Å². The molecule has 0 saturated carbocycles. The van der Waals surface area contributed by atoms with E-state index in [1.165, 1.54) is 0 Å². The number of nitrogens with zero attached hydrogens (tertiary/aromatic N) is 3. The fourth-order valence-electron chi connectivity index (χ4n) is 3.84. The third-order valence-electron chi connectivity index (χ3n) is 5.39. The number of amides is 1. The Morgan fingerprint density at radius 3 is 2.70 bits per heavy atom. The highest BCUT2D eigenvalue weighted by molar-refractivity contribution is 5.94. The average Bonchev–Trinajstić information content (AvgIpc) is 3.12. The number of nitrogens with two attached hydrogens (primary N) is 1. The van der Waals surface area contributed by atoms with Crippen LogP contribution < -0.4 is 5.73 Å². The molecule has 23 heavy (non-hydrogen) atoms. The molecule has 1 aromatic rings. The van der Waals surface area contributed by atoms with Crippen molar-refractivity contribution in [2.75, 3.05) is 32.8 Å². The minimum Gasteiger partial charge on any atom is -0.381 e. The number of carbonyl (C=O) groups excluding carboxylic acids is 1. The van der Waals surface area contributed by atoms with Gasteiger partial charge in [0.15, 0.2) is 0 Å². The lowest BCUT2D eigenvalue weighted by molar-refractivity contribution is 0.00139. The Kier molecular flexibility index (Phi) is 4.23. The maximum atomic E-state index is 12.9. The second-order valence-electron chi connectivity index (χ2n) is 7.94. The molecular formula is C17H28N4O2. The van der Waals surface area contributed by atoms with Crippen molar-refractivity contribution >= 4 is 5.91 Å². The smallest absolute Gasteiger partial charge is 0.257 e. The number of ether oxygens (including phenoxy) is 1. The maximum absolute atomic E-state index is 12.9. The van der Waals surface area contributed by atoms with Crippen molar-refractivity contribution < 1.29 is 9.53 Å². The van der Waals surface area contributed by atoms with Gasteiger partial charge in [-0.15, -0.1) is 0 Å². The number of hydrogen-bond donors (Lipinski definition) is 1. The Bertz CT molecular complexity index is 569. The first-order valence-electron chi connectivity index (χ1n) is 8.48. The van der Waals surface area contributed by atoms with Crippen molar-refractivity contribution in [2.24, 2.45) is 17.1 Å². The van der Waals surface area contributed by atoms with Crippen LogP contribution in [0.2, 0.25) is 0 Å². The summed E-state index contributed by atoms with van der Waals surface area (Å²) in [5, 5.41) is 4.35. The van der Waals surface area contributed by atoms with Gasteiger partial charge in [0.1, 0.15) is 0 Å². The SMILES string of the molecule is CC(C)(C)n1cc(C(=O)N2CC(CN)C3(CCOCC3)C2)cn1. The number of carbonyl (C=O) groups is 1. The van der Waals surface area contributed by atoms with E-state index < -0.39 is 0 Å². The highest BCUT2D eigenvalue weighted by atomic mass is 16.5. The van der Waals surface area contributed by atoms with Crippen molar-refractivity contribution in [1.29, 1.82) is 0 Å². The Labute approximate surface area is 138 Å². The van der Waals surface area contributed by atoms with Gasteiger partial charge in [-0.3, -0.25) is 9.48 Å². The minimum atomic E-state index is -0.120. The molecule has 1 spiro atoms. The summed E-state index contributed by atoms with van der Waals surface area (Å²) in [7, 11) is 0. The van der Waals surface area contributed by atoms with E-state index in [1.807, 2.05) is 15.8 Å². The molecule has 2 aliphatic rings. The maximum Gasteiger partial charge on any atom is 0.257 e. The summed E-state index contributed by atoms with van der Waals surface area (Å²) < 4.78 is 7.36. The van der Waals surface area contributed by atoms with Crippen LogP contribution in [0.3, 0.4) is 0 Å². The Morgan fingerprint density at radius 2 is 2.13 bits per heavy atom. The number of rotatable bonds is 2. The molecule has 2 saturated heterocycles. The van der Waals surface area contributed by atoms with Crippen LogP contribution in [0, 0.1) is 11.3 Å². The zero-order valence-corrected chi connectivity index (χ0v) is 14.4. The second-order valence-corrected chi connectivity index (χ2v) is 7.94. The molecule has 1 unspecified atom stereocenters. The predicted octanol–water partition coefficient (Wildman–Crippen LogP) is 1.47. The summed E-state index contributed by atoms with van der Waals surface area (Å²) in [5.74, 6) is 0.440. The zero-order chi connectivity index (χ0) is 16.7. The molecule has 1 atom stereocenters. The standard InChI is InChI=1S/C17H28N4O2/c1-16(2,3)21-10-13(9-19-21)15(22)20-11-14(8-18)17(12-20)4-6-23-7-5-17/h9-10,14H,4-8,11-12,18H2,1-3H3. The first kappa shape index (κ1) is 16.5. The molecule has 0 bridgehead atoms. The topological polar surface area (TPSA) is 73.4 Å². The molecule has 1 amide bonds. The van der Waals surface area contributed by atoms with Crippen LogP contribution >= 0.6 is 0 Å². The third kappa shape index (κ3) is 3.02. The summed E-state index contributed by atoms with van der Waals surface area (Å²) in [6.07, 6.45) is 5.54. The Hall–Kier alpha value is -1.40. The summed E-state index contributed by atoms with van der Waals surface area (Å²) >= 11 is 0. The van der Waals surface area contributed by atoms with E-state index in [4.69, 9.17) is 10.5 Å². The van der Waals surface area contributed by atoms with Gasteiger partial charge in [0.05, 0.1) is 17.3 Å². The van der Waals surface area contributed by atoms with Crippen molar-refractivity contribution in [2.45, 2.75) is 39.2 Å². The zero-order valence-electron chi connectivity index (χ0n) is 14.4. The van der Waals surface area contributed by atoms with Gasteiger partial charge in [-0.05, 0) is 51.5 Å². The second kappa shape index (κ2) is 5.91. The molecule has 2 N–H and O–H groups in total. The number of likely N-dealkylation sites (tertiary alicyclic amines) is 1. The lowest BCUT2D eigenvalue weighted by Gasteiger charge is -2.37. The summed E-state index contributed by atoms with van der Waals surface area (Å²) in [6.45, 7) is 9.95. The van der Waals surface area contributed by atoms with Crippen molar-refractivity contribution in [1.82, 2.24) is 14.7 Å². The molecule has 0 aliphatic carbocycles. The molecule has 3 rings (SSSR count). The average molecular weight is 320 g/mol. The van der Waals surface area contributed by atoms with E-state index >= 15 is 0 Å². The summed E-state index contributed by atoms with van der Waals surface area (Å²) in [6, 6.07) is 0. The van der Waals surface area contributed by atoms with Crippen LogP contribution in [0.5, 0.6) is 0 Å². The molecular weight excluding hydrogens is 292 g/mol. The van der Waals surface area contributed by atoms with Gasteiger partial charge in [-0.25, -0.2) is 0 Å². The normalized spacial score (nSPS) is 24.3. The number of aromatic nitrogens is 2. The minimum absolute atomic E-state index is 0.0716. The summed E-state index contributed by atoms with van der Waals surface area (Å²) in [4.78, 5) is 14.8. The molecule has 3 heterocycles. The molecule has 6 nitrogen and oxygen atoms in total. The largest absolute Gasteiger partial charge is 0.381 e. The van der Waals surface area contributed by atoms with Gasteiger partial charge in [0.25, 0.3) is 5.91 Å². The van der Waals surface area contributed by atoms with Crippen LogP contribution in [-0.4, -0.2) is 53.4 Å². The van der Waals surface area contributed by atoms with E-state index in [9.17, 15) is 4.79 Å². The van der Waals surface area contributed by atoms with Gasteiger partial charge in [0, 0.05) is 32.5 Å². The van der Waals surface area contributed by atoms with E-state index in [2.05, 4.69) is 25.9 Å². The van der Waals surface area contributed by atoms with Gasteiger partial charge < -0.3 is 15.4 Å². The predicted molar refractivity (Wildman–Crippen MR) is 88.2 cm³/mol. The Balaban J connectivity index is 1.77. The van der Waals surface area contributed by atoms with Crippen LogP contribution in [0.1, 0.15) is 44.0 Å².